The molecule has 112 valence electrons. The smallest absolute Gasteiger partial charge is 0.323 e. The van der Waals surface area contributed by atoms with E-state index in [-0.39, 0.29) is 24.8 Å². The summed E-state index contributed by atoms with van der Waals surface area (Å²) in [6.45, 7) is 3.12. The van der Waals surface area contributed by atoms with E-state index < -0.39 is 30.5 Å². The van der Waals surface area contributed by atoms with Crippen molar-refractivity contribution in [1.29, 1.82) is 0 Å². The molecule has 0 bridgehead atoms. The Morgan fingerprint density at radius 3 is 2.65 bits per heavy atom. The summed E-state index contributed by atoms with van der Waals surface area (Å²) in [5.41, 5.74) is 0. The van der Waals surface area contributed by atoms with Crippen molar-refractivity contribution >= 4 is 23.8 Å². The summed E-state index contributed by atoms with van der Waals surface area (Å²) in [5, 5.41) is 13.4. The summed E-state index contributed by atoms with van der Waals surface area (Å²) in [6, 6.07) is -1.68. The summed E-state index contributed by atoms with van der Waals surface area (Å²) in [5.74, 6) is -2.05. The molecule has 0 aliphatic carbocycles. The maximum absolute atomic E-state index is 12.1. The summed E-state index contributed by atoms with van der Waals surface area (Å²) >= 11 is 0. The van der Waals surface area contributed by atoms with Crippen LogP contribution in [0.4, 0.5) is 4.79 Å². The molecule has 1 aliphatic rings. The van der Waals surface area contributed by atoms with Gasteiger partial charge in [0.15, 0.2) is 0 Å². The van der Waals surface area contributed by atoms with Crippen LogP contribution < -0.4 is 10.6 Å². The number of urea groups is 1. The topological polar surface area (TPSA) is 116 Å². The van der Waals surface area contributed by atoms with Crippen molar-refractivity contribution in [2.45, 2.75) is 45.2 Å². The van der Waals surface area contributed by atoms with Crippen LogP contribution in [0.2, 0.25) is 0 Å². The van der Waals surface area contributed by atoms with Crippen LogP contribution in [-0.4, -0.2) is 52.4 Å². The van der Waals surface area contributed by atoms with Crippen molar-refractivity contribution in [1.82, 2.24) is 15.5 Å². The lowest BCUT2D eigenvalue weighted by Crippen LogP contribution is -2.56. The number of nitrogens with one attached hydrogen (secondary N) is 2. The number of rotatable bonds is 5. The van der Waals surface area contributed by atoms with E-state index in [0.29, 0.717) is 6.42 Å². The zero-order chi connectivity index (χ0) is 15.3. The lowest BCUT2D eigenvalue weighted by molar-refractivity contribution is -0.138. The monoisotopic (exact) mass is 285 g/mol. The Kier molecular flexibility index (Phi) is 5.48. The molecule has 1 aliphatic heterocycles. The third kappa shape index (κ3) is 4.22. The van der Waals surface area contributed by atoms with Crippen LogP contribution in [0, 0.1) is 0 Å². The molecule has 0 radical (unpaired) electrons. The van der Waals surface area contributed by atoms with Crippen molar-refractivity contribution < 1.29 is 24.3 Å². The van der Waals surface area contributed by atoms with Gasteiger partial charge in [-0.15, -0.1) is 0 Å². The molecule has 2 atom stereocenters. The number of carboxylic acid groups (broad SMARTS) is 1. The Bertz CT molecular complexity index is 423. The van der Waals surface area contributed by atoms with E-state index in [1.165, 1.54) is 0 Å². The number of aliphatic carboxylic acids is 1. The largest absolute Gasteiger partial charge is 0.480 e. The van der Waals surface area contributed by atoms with Gasteiger partial charge in [-0.3, -0.25) is 19.7 Å². The van der Waals surface area contributed by atoms with E-state index >= 15 is 0 Å². The quantitative estimate of drug-likeness (QED) is 0.599. The van der Waals surface area contributed by atoms with Gasteiger partial charge in [0.05, 0.1) is 0 Å². The van der Waals surface area contributed by atoms with Gasteiger partial charge in [0.2, 0.25) is 11.8 Å². The first kappa shape index (κ1) is 15.9. The summed E-state index contributed by atoms with van der Waals surface area (Å²) in [4.78, 5) is 46.6. The van der Waals surface area contributed by atoms with Crippen LogP contribution in [0.1, 0.15) is 33.1 Å². The minimum Gasteiger partial charge on any atom is -0.480 e. The van der Waals surface area contributed by atoms with Crippen LogP contribution in [0.5, 0.6) is 0 Å². The SMILES string of the molecule is CCC(C)N(CC(=O)O)C(=O)NC1CCC(=O)NC1=O. The number of carbonyl (C=O) groups excluding carboxylic acids is 3. The van der Waals surface area contributed by atoms with Crippen molar-refractivity contribution in [3.05, 3.63) is 0 Å². The van der Waals surface area contributed by atoms with Gasteiger partial charge in [0, 0.05) is 12.5 Å². The molecular weight excluding hydrogens is 266 g/mol. The molecule has 20 heavy (non-hydrogen) atoms. The molecule has 8 heteroatoms. The Morgan fingerprint density at radius 1 is 1.50 bits per heavy atom. The second-order valence-corrected chi connectivity index (χ2v) is 4.73. The predicted octanol–water partition coefficient (Wildman–Crippen LogP) is -0.314. The van der Waals surface area contributed by atoms with Gasteiger partial charge >= 0.3 is 12.0 Å². The zero-order valence-corrected chi connectivity index (χ0v) is 11.5. The number of piperidine rings is 1. The Morgan fingerprint density at radius 2 is 2.15 bits per heavy atom. The maximum atomic E-state index is 12.1. The lowest BCUT2D eigenvalue weighted by atomic mass is 10.1. The first-order valence-electron chi connectivity index (χ1n) is 6.47. The normalized spacial score (nSPS) is 20.0. The standard InChI is InChI=1S/C12H19N3O5/c1-3-7(2)15(6-10(17)18)12(20)13-8-4-5-9(16)14-11(8)19/h7-8H,3-6H2,1-2H3,(H,13,20)(H,17,18)(H,14,16,19). The van der Waals surface area contributed by atoms with E-state index in [0.717, 1.165) is 4.90 Å². The molecule has 0 aromatic rings. The fraction of sp³-hybridized carbons (Fsp3) is 0.667. The van der Waals surface area contributed by atoms with Gasteiger partial charge in [-0.2, -0.15) is 0 Å². The van der Waals surface area contributed by atoms with Gasteiger partial charge < -0.3 is 15.3 Å². The molecule has 1 saturated heterocycles. The molecule has 0 spiro atoms. The van der Waals surface area contributed by atoms with Gasteiger partial charge in [0.25, 0.3) is 0 Å². The molecule has 3 N–H and O–H groups in total. The van der Waals surface area contributed by atoms with E-state index in [9.17, 15) is 19.2 Å². The number of hydrogen-bond acceptors (Lipinski definition) is 4. The summed E-state index contributed by atoms with van der Waals surface area (Å²) < 4.78 is 0. The molecule has 0 aromatic heterocycles. The molecule has 0 saturated carbocycles. The summed E-state index contributed by atoms with van der Waals surface area (Å²) in [7, 11) is 0. The minimum absolute atomic E-state index is 0.152. The number of amides is 4. The first-order chi connectivity index (χ1) is 9.35. The van der Waals surface area contributed by atoms with E-state index in [2.05, 4.69) is 10.6 Å². The Labute approximate surface area is 116 Å². The molecule has 1 rings (SSSR count). The molecule has 1 fully saturated rings. The van der Waals surface area contributed by atoms with Gasteiger partial charge in [0.1, 0.15) is 12.6 Å². The van der Waals surface area contributed by atoms with E-state index in [4.69, 9.17) is 5.11 Å². The number of nitrogens with zero attached hydrogens (tertiary/aromatic N) is 1. The highest BCUT2D eigenvalue weighted by Crippen LogP contribution is 2.08. The van der Waals surface area contributed by atoms with E-state index in [1.807, 2.05) is 6.92 Å². The third-order valence-corrected chi connectivity index (χ3v) is 3.23. The number of hydrogen-bond donors (Lipinski definition) is 3. The summed E-state index contributed by atoms with van der Waals surface area (Å²) in [6.07, 6.45) is 0.965. The molecule has 0 aromatic carbocycles. The van der Waals surface area contributed by atoms with E-state index in [1.54, 1.807) is 6.92 Å². The van der Waals surface area contributed by atoms with Crippen LogP contribution in [0.3, 0.4) is 0 Å². The second-order valence-electron chi connectivity index (χ2n) is 4.73. The predicted molar refractivity (Wildman–Crippen MR) is 68.8 cm³/mol. The zero-order valence-electron chi connectivity index (χ0n) is 11.5. The average Bonchev–Trinajstić information content (AvgIpc) is 2.38. The van der Waals surface area contributed by atoms with Crippen LogP contribution in [0.25, 0.3) is 0 Å². The fourth-order valence-corrected chi connectivity index (χ4v) is 1.86. The Balaban J connectivity index is 2.68. The van der Waals surface area contributed by atoms with Gasteiger partial charge in [-0.05, 0) is 19.8 Å². The third-order valence-electron chi connectivity index (χ3n) is 3.23. The molecule has 2 unspecified atom stereocenters. The number of imide groups is 1. The van der Waals surface area contributed by atoms with Crippen LogP contribution in [0.15, 0.2) is 0 Å². The minimum atomic E-state index is -1.12. The molecule has 1 heterocycles. The van der Waals surface area contributed by atoms with Gasteiger partial charge in [-0.1, -0.05) is 6.92 Å². The van der Waals surface area contributed by atoms with Crippen molar-refractivity contribution in [3.63, 3.8) is 0 Å². The highest BCUT2D eigenvalue weighted by Gasteiger charge is 2.30. The maximum Gasteiger partial charge on any atom is 0.323 e. The van der Waals surface area contributed by atoms with Crippen molar-refractivity contribution in [3.8, 4) is 0 Å². The highest BCUT2D eigenvalue weighted by atomic mass is 16.4. The van der Waals surface area contributed by atoms with Crippen LogP contribution in [-0.2, 0) is 14.4 Å². The highest BCUT2D eigenvalue weighted by molar-refractivity contribution is 6.01. The fourth-order valence-electron chi connectivity index (χ4n) is 1.86. The molecule has 4 amide bonds. The Hall–Kier alpha value is -2.12. The average molecular weight is 285 g/mol. The number of carboxylic acids is 1. The molecule has 8 nitrogen and oxygen atoms in total. The number of carbonyl (C=O) groups is 4. The molecular formula is C12H19N3O5. The van der Waals surface area contributed by atoms with Crippen molar-refractivity contribution in [2.24, 2.45) is 0 Å². The van der Waals surface area contributed by atoms with Crippen LogP contribution >= 0.6 is 0 Å². The second kappa shape index (κ2) is 6.88. The van der Waals surface area contributed by atoms with Crippen molar-refractivity contribution in [2.75, 3.05) is 6.54 Å². The van der Waals surface area contributed by atoms with Gasteiger partial charge in [-0.25, -0.2) is 4.79 Å². The lowest BCUT2D eigenvalue weighted by Gasteiger charge is -2.30. The first-order valence-corrected chi connectivity index (χ1v) is 6.47.